The van der Waals surface area contributed by atoms with Crippen LogP contribution in [0.2, 0.25) is 0 Å². The summed E-state index contributed by atoms with van der Waals surface area (Å²) >= 11 is 0. The second-order valence-electron chi connectivity index (χ2n) is 2.10. The van der Waals surface area contributed by atoms with Crippen molar-refractivity contribution in [1.82, 2.24) is 0 Å². The monoisotopic (exact) mass is 745 g/mol. The van der Waals surface area contributed by atoms with E-state index < -0.39 is 36.9 Å². The molecule has 1 radical (unpaired) electrons. The van der Waals surface area contributed by atoms with E-state index in [2.05, 4.69) is 29.3 Å². The Balaban J connectivity index is -0.0000000356. The summed E-state index contributed by atoms with van der Waals surface area (Å²) in [6.07, 6.45) is -10.8. The van der Waals surface area contributed by atoms with Gasteiger partial charge in [0.25, 0.3) is 0 Å². The van der Waals surface area contributed by atoms with Crippen LogP contribution in [-0.2, 0) is 29.3 Å². The van der Waals surface area contributed by atoms with Crippen LogP contribution < -0.4 is 31.5 Å². The summed E-state index contributed by atoms with van der Waals surface area (Å²) in [5, 5.41) is 94.3. The van der Waals surface area contributed by atoms with E-state index in [1.807, 2.05) is 0 Å². The summed E-state index contributed by atoms with van der Waals surface area (Å²) in [6, 6.07) is 0. The van der Waals surface area contributed by atoms with Gasteiger partial charge in [0.15, 0.2) is 0 Å². The maximum Gasteiger partial charge on any atom is 3.00 e. The molecule has 0 aromatic rings. The third kappa shape index (κ3) is 202. The zero-order valence-electron chi connectivity index (χ0n) is 14.1. The molecular formula is C6H6NdO24Pr. The average molecular weight is 747 g/mol. The fourth-order valence-electron chi connectivity index (χ4n) is 0. The van der Waals surface area contributed by atoms with E-state index in [0.717, 1.165) is 0 Å². The first-order valence-electron chi connectivity index (χ1n) is 4.79. The molecule has 0 bridgehead atoms. The van der Waals surface area contributed by atoms with Crippen LogP contribution in [0.5, 0.6) is 0 Å². The first kappa shape index (κ1) is 52.2. The Morgan fingerprint density at radius 3 is 0.406 bits per heavy atom. The normalized spacial score (nSPS) is 6.19. The van der Waals surface area contributed by atoms with Crippen molar-refractivity contribution in [2.75, 3.05) is 0 Å². The van der Waals surface area contributed by atoms with Crippen LogP contribution in [0.15, 0.2) is 0 Å². The van der Waals surface area contributed by atoms with Crippen LogP contribution in [0.25, 0.3) is 0 Å². The van der Waals surface area contributed by atoms with Crippen LogP contribution in [0.4, 0.5) is 28.8 Å². The molecule has 0 aliphatic carbocycles. The minimum absolute atomic E-state index is 0. The smallest absolute Gasteiger partial charge is 0.659 e. The van der Waals surface area contributed by atoms with Gasteiger partial charge in [-0.1, -0.05) is 0 Å². The van der Waals surface area contributed by atoms with Crippen LogP contribution in [0.1, 0.15) is 0 Å². The molecule has 181 valence electrons. The predicted molar refractivity (Wildman–Crippen MR) is 54.7 cm³/mol. The van der Waals surface area contributed by atoms with E-state index in [1.54, 1.807) is 0 Å². The van der Waals surface area contributed by atoms with Crippen molar-refractivity contribution in [3.63, 3.8) is 0 Å². The Morgan fingerprint density at radius 2 is 0.406 bits per heavy atom. The number of carboxylic acid groups (broad SMARTS) is 6. The zero-order chi connectivity index (χ0) is 25.7. The molecule has 0 spiro atoms. The van der Waals surface area contributed by atoms with Gasteiger partial charge in [0.2, 0.25) is 0 Å². The fourth-order valence-corrected chi connectivity index (χ4v) is 0. The topological polar surface area (TPSA) is 418 Å². The molecule has 0 atom stereocenters. The first-order chi connectivity index (χ1) is 13.6. The van der Waals surface area contributed by atoms with Crippen LogP contribution >= 0.6 is 0 Å². The molecular weight excluding hydrogens is 741 g/mol. The summed E-state index contributed by atoms with van der Waals surface area (Å²) in [7, 11) is 0. The molecule has 0 aliphatic heterocycles. The maximum atomic E-state index is 8.83. The third-order valence-corrected chi connectivity index (χ3v) is 0.428. The predicted octanol–water partition coefficient (Wildman–Crippen LogP) is -6.26. The van der Waals surface area contributed by atoms with E-state index in [0.29, 0.717) is 0 Å². The number of carbonyl (C=O) groups is 6. The van der Waals surface area contributed by atoms with Gasteiger partial charge in [0.05, 0.1) is 0 Å². The molecule has 0 saturated heterocycles. The maximum absolute atomic E-state index is 8.83. The molecule has 32 heavy (non-hydrogen) atoms. The molecule has 0 unspecified atom stereocenters. The van der Waals surface area contributed by atoms with Gasteiger partial charge in [-0.25, -0.2) is 28.8 Å². The number of hydrogen-bond acceptors (Lipinski definition) is 18. The average Bonchev–Trinajstić information content (AvgIpc) is 2.69. The first-order valence-corrected chi connectivity index (χ1v) is 4.79. The van der Waals surface area contributed by atoms with E-state index in [4.69, 9.17) is 90.9 Å². The zero-order valence-corrected chi connectivity index (χ0v) is 21.0. The second kappa shape index (κ2) is 47.0. The van der Waals surface area contributed by atoms with Gasteiger partial charge in [-0.3, -0.25) is 0 Å². The van der Waals surface area contributed by atoms with Crippen LogP contribution in [-0.4, -0.2) is 67.6 Å². The van der Waals surface area contributed by atoms with Gasteiger partial charge in [-0.2, -0.15) is 0 Å². The molecule has 0 rings (SSSR count). The summed E-state index contributed by atoms with van der Waals surface area (Å²) in [5.74, 6) is 0. The standard InChI is InChI=1S/6CH2O4.Nd.Pr/c6*2-1(3)5-4;;/h6*4H,(H,2,3);;/q;;;;;;2*+3/p-6. The van der Waals surface area contributed by atoms with Gasteiger partial charge < -0.3 is 91.5 Å². The van der Waals surface area contributed by atoms with Crippen molar-refractivity contribution in [2.45, 2.75) is 0 Å². The molecule has 6 N–H and O–H groups in total. The summed E-state index contributed by atoms with van der Waals surface area (Å²) in [6.45, 7) is 0. The van der Waals surface area contributed by atoms with Gasteiger partial charge in [-0.05, 0) is 0 Å². The Hall–Kier alpha value is -1.91. The van der Waals surface area contributed by atoms with E-state index in [-0.39, 0.29) is 82.1 Å². The van der Waals surface area contributed by atoms with E-state index >= 15 is 0 Å². The Bertz CT molecular complexity index is 355. The van der Waals surface area contributed by atoms with Gasteiger partial charge in [-0.15, -0.1) is 0 Å². The van der Waals surface area contributed by atoms with Crippen LogP contribution in [0, 0.1) is 82.1 Å². The van der Waals surface area contributed by atoms with Gasteiger partial charge in [0, 0.05) is 0 Å². The second-order valence-corrected chi connectivity index (χ2v) is 2.10. The molecule has 0 saturated carbocycles. The van der Waals surface area contributed by atoms with Crippen molar-refractivity contribution >= 4 is 36.9 Å². The molecule has 0 aromatic heterocycles. The van der Waals surface area contributed by atoms with E-state index in [1.165, 1.54) is 0 Å². The van der Waals surface area contributed by atoms with Crippen molar-refractivity contribution in [3.8, 4) is 0 Å². The number of rotatable bonds is 0. The van der Waals surface area contributed by atoms with Crippen molar-refractivity contribution in [1.29, 1.82) is 0 Å². The third-order valence-electron chi connectivity index (χ3n) is 0.428. The Morgan fingerprint density at radius 1 is 0.375 bits per heavy atom. The quantitative estimate of drug-likeness (QED) is 0.0991. The molecule has 0 heterocycles. The SMILES string of the molecule is O=C(O)O[O-].O=C(O)O[O-].O=C(O)O[O-].O=C(O)O[O-].O=C(O)O[O-].O=C(O)O[O-].[Nd+3].[Pr+3]. The van der Waals surface area contributed by atoms with Gasteiger partial charge in [0.1, 0.15) is 0 Å². The summed E-state index contributed by atoms with van der Waals surface area (Å²) in [4.78, 5) is 67.5. The molecule has 26 heteroatoms. The molecule has 24 nitrogen and oxygen atoms in total. The Kier molecular flexibility index (Phi) is 76.7. The molecule has 0 aliphatic rings. The molecule has 0 fully saturated rings. The van der Waals surface area contributed by atoms with Crippen molar-refractivity contribution in [2.24, 2.45) is 0 Å². The largest absolute Gasteiger partial charge is 3.00 e. The molecule has 0 aromatic carbocycles. The van der Waals surface area contributed by atoms with Crippen molar-refractivity contribution < 1.29 is 202 Å². The summed E-state index contributed by atoms with van der Waals surface area (Å²) < 4.78 is 0. The Labute approximate surface area is 237 Å². The van der Waals surface area contributed by atoms with Crippen LogP contribution in [0.3, 0.4) is 0 Å². The summed E-state index contributed by atoms with van der Waals surface area (Å²) in [5.41, 5.74) is 0. The minimum Gasteiger partial charge on any atom is -0.659 e. The number of hydrogen-bond donors (Lipinski definition) is 6. The molecule has 0 amide bonds. The minimum atomic E-state index is -1.80. The van der Waals surface area contributed by atoms with E-state index in [9.17, 15) is 0 Å². The van der Waals surface area contributed by atoms with Gasteiger partial charge >= 0.3 is 119 Å². The van der Waals surface area contributed by atoms with Crippen molar-refractivity contribution in [3.05, 3.63) is 0 Å². The fraction of sp³-hybridized carbons (Fsp3) is 0.